The van der Waals surface area contributed by atoms with E-state index in [1.165, 1.54) is 0 Å². The Kier molecular flexibility index (Phi) is 4.25. The van der Waals surface area contributed by atoms with Gasteiger partial charge in [-0.1, -0.05) is 22.9 Å². The molecule has 1 heterocycles. The summed E-state index contributed by atoms with van der Waals surface area (Å²) in [5.74, 6) is -0.568. The number of carbonyl (C=O) groups excluding carboxylic acids is 1. The number of primary amides is 1. The van der Waals surface area contributed by atoms with Crippen LogP contribution in [0.15, 0.2) is 4.21 Å². The maximum absolute atomic E-state index is 11.7. The van der Waals surface area contributed by atoms with Crippen LogP contribution in [0.25, 0.3) is 0 Å². The molecule has 0 saturated carbocycles. The van der Waals surface area contributed by atoms with E-state index in [2.05, 4.69) is 9.71 Å². The summed E-state index contributed by atoms with van der Waals surface area (Å²) in [6.07, 6.45) is -0.0508. The van der Waals surface area contributed by atoms with Gasteiger partial charge in [0.15, 0.2) is 8.68 Å². The molecule has 0 spiro atoms. The number of amides is 1. The molecular weight excluding hydrogens is 274 g/mol. The van der Waals surface area contributed by atoms with E-state index >= 15 is 0 Å². The molecule has 0 aliphatic carbocycles. The van der Waals surface area contributed by atoms with Crippen molar-refractivity contribution >= 4 is 38.9 Å². The minimum absolute atomic E-state index is 0.0351. The van der Waals surface area contributed by atoms with Gasteiger partial charge in [0.2, 0.25) is 5.91 Å². The van der Waals surface area contributed by atoms with Crippen LogP contribution in [-0.2, 0) is 14.8 Å². The average molecular weight is 284 g/mol. The van der Waals surface area contributed by atoms with Gasteiger partial charge in [-0.05, 0) is 6.92 Å². The molecule has 0 atom stereocenters. The molecule has 0 aliphatic heterocycles. The van der Waals surface area contributed by atoms with Crippen molar-refractivity contribution in [1.82, 2.24) is 9.71 Å². The number of hydrogen-bond donors (Lipinski definition) is 2. The summed E-state index contributed by atoms with van der Waals surface area (Å²) >= 11 is 6.47. The van der Waals surface area contributed by atoms with E-state index in [-0.39, 0.29) is 21.6 Å². The second-order valence-electron chi connectivity index (χ2n) is 2.95. The lowest BCUT2D eigenvalue weighted by Crippen LogP contribution is -2.27. The Morgan fingerprint density at radius 2 is 2.25 bits per heavy atom. The predicted molar refractivity (Wildman–Crippen MR) is 60.9 cm³/mol. The van der Waals surface area contributed by atoms with Gasteiger partial charge in [-0.25, -0.2) is 18.1 Å². The molecule has 16 heavy (non-hydrogen) atoms. The lowest BCUT2D eigenvalue weighted by atomic mass is 10.4. The van der Waals surface area contributed by atoms with Gasteiger partial charge >= 0.3 is 0 Å². The first-order chi connectivity index (χ1) is 7.33. The van der Waals surface area contributed by atoms with Crippen LogP contribution in [0.1, 0.15) is 12.1 Å². The fourth-order valence-electron chi connectivity index (χ4n) is 0.974. The van der Waals surface area contributed by atoms with Gasteiger partial charge < -0.3 is 5.73 Å². The maximum Gasteiger partial charge on any atom is 0.251 e. The molecule has 0 aromatic carbocycles. The summed E-state index contributed by atoms with van der Waals surface area (Å²) in [5, 5.41) is 0. The third-order valence-corrected chi connectivity index (χ3v) is 4.97. The predicted octanol–water partition coefficient (Wildman–Crippen LogP) is 0.259. The largest absolute Gasteiger partial charge is 0.370 e. The maximum atomic E-state index is 11.7. The fourth-order valence-corrected chi connectivity index (χ4v) is 3.79. The van der Waals surface area contributed by atoms with Crippen molar-refractivity contribution in [3.05, 3.63) is 10.2 Å². The van der Waals surface area contributed by atoms with Crippen LogP contribution in [-0.4, -0.2) is 25.9 Å². The summed E-state index contributed by atoms with van der Waals surface area (Å²) in [7, 11) is -3.65. The first-order valence-corrected chi connectivity index (χ1v) is 6.91. The Morgan fingerprint density at radius 1 is 1.62 bits per heavy atom. The highest BCUT2D eigenvalue weighted by molar-refractivity contribution is 7.91. The molecule has 0 saturated heterocycles. The van der Waals surface area contributed by atoms with Gasteiger partial charge in [-0.2, -0.15) is 0 Å². The highest BCUT2D eigenvalue weighted by Gasteiger charge is 2.20. The summed E-state index contributed by atoms with van der Waals surface area (Å²) < 4.78 is 25.9. The molecule has 0 unspecified atom stereocenters. The second-order valence-corrected chi connectivity index (χ2v) is 6.50. The summed E-state index contributed by atoms with van der Waals surface area (Å²) in [5.41, 5.74) is 5.22. The molecule has 0 aliphatic rings. The van der Waals surface area contributed by atoms with E-state index < -0.39 is 15.9 Å². The van der Waals surface area contributed by atoms with Crippen molar-refractivity contribution in [2.45, 2.75) is 17.6 Å². The van der Waals surface area contributed by atoms with Gasteiger partial charge in [-0.3, -0.25) is 4.79 Å². The molecule has 0 radical (unpaired) electrons. The van der Waals surface area contributed by atoms with E-state index in [0.717, 1.165) is 11.3 Å². The van der Waals surface area contributed by atoms with Crippen LogP contribution < -0.4 is 10.5 Å². The first kappa shape index (κ1) is 13.4. The van der Waals surface area contributed by atoms with E-state index in [4.69, 9.17) is 17.3 Å². The molecule has 1 aromatic heterocycles. The number of hydrogen-bond acceptors (Lipinski definition) is 5. The van der Waals surface area contributed by atoms with Crippen LogP contribution in [0.4, 0.5) is 0 Å². The molecule has 1 rings (SSSR count). The number of carbonyl (C=O) groups is 1. The summed E-state index contributed by atoms with van der Waals surface area (Å²) in [4.78, 5) is 14.2. The number of halogens is 1. The number of rotatable bonds is 5. The lowest BCUT2D eigenvalue weighted by molar-refractivity contribution is -0.117. The smallest absolute Gasteiger partial charge is 0.251 e. The molecular formula is C7H10ClN3O3S2. The highest BCUT2D eigenvalue weighted by atomic mass is 35.5. The van der Waals surface area contributed by atoms with Crippen LogP contribution in [0.3, 0.4) is 0 Å². The van der Waals surface area contributed by atoms with Crippen molar-refractivity contribution in [3.8, 4) is 0 Å². The topological polar surface area (TPSA) is 102 Å². The SMILES string of the molecule is Cc1nc(Cl)sc1S(=O)(=O)NCCC(N)=O. The Morgan fingerprint density at radius 3 is 2.69 bits per heavy atom. The number of aromatic nitrogens is 1. The zero-order valence-electron chi connectivity index (χ0n) is 8.36. The molecule has 90 valence electrons. The molecule has 1 aromatic rings. The summed E-state index contributed by atoms with van der Waals surface area (Å²) in [6.45, 7) is 1.51. The van der Waals surface area contributed by atoms with Crippen molar-refractivity contribution in [3.63, 3.8) is 0 Å². The number of aryl methyl sites for hydroxylation is 1. The van der Waals surface area contributed by atoms with Gasteiger partial charge in [0, 0.05) is 13.0 Å². The van der Waals surface area contributed by atoms with Crippen molar-refractivity contribution in [2.75, 3.05) is 6.54 Å². The molecule has 1 amide bonds. The number of sulfonamides is 1. The van der Waals surface area contributed by atoms with Gasteiger partial charge in [-0.15, -0.1) is 0 Å². The Labute approximate surface area is 102 Å². The monoisotopic (exact) mass is 283 g/mol. The first-order valence-electron chi connectivity index (χ1n) is 4.24. The Bertz CT molecular complexity index is 497. The number of nitrogens with two attached hydrogens (primary N) is 1. The standard InChI is InChI=1S/C7H10ClN3O3S2/c1-4-6(15-7(8)11-4)16(13,14)10-3-2-5(9)12/h10H,2-3H2,1H3,(H2,9,12). The van der Waals surface area contributed by atoms with Gasteiger partial charge in [0.25, 0.3) is 10.0 Å². The quantitative estimate of drug-likeness (QED) is 0.809. The molecule has 6 nitrogen and oxygen atoms in total. The van der Waals surface area contributed by atoms with Crippen LogP contribution in [0, 0.1) is 6.92 Å². The number of nitrogens with zero attached hydrogens (tertiary/aromatic N) is 1. The molecule has 0 bridgehead atoms. The molecule has 3 N–H and O–H groups in total. The zero-order chi connectivity index (χ0) is 12.3. The summed E-state index contributed by atoms with van der Waals surface area (Å²) in [6, 6.07) is 0. The number of nitrogens with one attached hydrogen (secondary N) is 1. The Balaban J connectivity index is 2.78. The highest BCUT2D eigenvalue weighted by Crippen LogP contribution is 2.26. The van der Waals surface area contributed by atoms with Crippen molar-refractivity contribution in [1.29, 1.82) is 0 Å². The third-order valence-electron chi connectivity index (χ3n) is 1.64. The van der Waals surface area contributed by atoms with Crippen LogP contribution in [0.2, 0.25) is 4.47 Å². The molecule has 0 fully saturated rings. The minimum Gasteiger partial charge on any atom is -0.370 e. The molecule has 9 heteroatoms. The van der Waals surface area contributed by atoms with Gasteiger partial charge in [0.1, 0.15) is 0 Å². The minimum atomic E-state index is -3.65. The van der Waals surface area contributed by atoms with Crippen LogP contribution in [0.5, 0.6) is 0 Å². The van der Waals surface area contributed by atoms with E-state index in [1.807, 2.05) is 0 Å². The van der Waals surface area contributed by atoms with Crippen LogP contribution >= 0.6 is 22.9 Å². The normalized spacial score (nSPS) is 11.6. The lowest BCUT2D eigenvalue weighted by Gasteiger charge is -2.03. The fraction of sp³-hybridized carbons (Fsp3) is 0.429. The van der Waals surface area contributed by atoms with E-state index in [1.54, 1.807) is 6.92 Å². The van der Waals surface area contributed by atoms with Crippen molar-refractivity contribution < 1.29 is 13.2 Å². The number of thiazole rings is 1. The average Bonchev–Trinajstić information content (AvgIpc) is 2.44. The van der Waals surface area contributed by atoms with Gasteiger partial charge in [0.05, 0.1) is 5.69 Å². The van der Waals surface area contributed by atoms with E-state index in [9.17, 15) is 13.2 Å². The van der Waals surface area contributed by atoms with E-state index in [0.29, 0.717) is 5.69 Å². The van der Waals surface area contributed by atoms with Crippen molar-refractivity contribution in [2.24, 2.45) is 5.73 Å². The second kappa shape index (κ2) is 5.09. The third kappa shape index (κ3) is 3.41. The zero-order valence-corrected chi connectivity index (χ0v) is 10.7. The Hall–Kier alpha value is -0.700.